The Balaban J connectivity index is 4.16. The molecule has 0 aliphatic rings. The summed E-state index contributed by atoms with van der Waals surface area (Å²) in [6.07, 6.45) is -0.412. The molecule has 0 spiro atoms. The number of primary amides is 1. The lowest BCUT2D eigenvalue weighted by Gasteiger charge is -2.12. The van der Waals surface area contributed by atoms with Crippen LogP contribution >= 0.6 is 0 Å². The first-order valence-electron chi connectivity index (χ1n) is 3.92. The van der Waals surface area contributed by atoms with Gasteiger partial charge in [0.2, 0.25) is 11.8 Å². The molecule has 0 heterocycles. The zero-order chi connectivity index (χ0) is 11.1. The molecular weight excluding hydrogens is 190 g/mol. The minimum atomic E-state index is -1.28. The van der Waals surface area contributed by atoms with Gasteiger partial charge in [-0.3, -0.25) is 9.59 Å². The molecule has 1 atom stereocenters. The molecule has 7 heteroatoms. The molecule has 80 valence electrons. The van der Waals surface area contributed by atoms with E-state index >= 15 is 0 Å². The zero-order valence-electron chi connectivity index (χ0n) is 7.74. The maximum atomic E-state index is 11.0. The van der Waals surface area contributed by atoms with E-state index in [1.165, 1.54) is 0 Å². The van der Waals surface area contributed by atoms with Crippen LogP contribution in [-0.2, 0) is 14.4 Å². The Morgan fingerprint density at radius 3 is 2.36 bits per heavy atom. The van der Waals surface area contributed by atoms with Gasteiger partial charge >= 0.3 is 5.97 Å². The molecule has 0 saturated carbocycles. The first-order valence-corrected chi connectivity index (χ1v) is 3.92. The third-order valence-corrected chi connectivity index (χ3v) is 1.38. The Kier molecular flexibility index (Phi) is 5.23. The maximum absolute atomic E-state index is 11.0. The van der Waals surface area contributed by atoms with Crippen molar-refractivity contribution in [3.8, 4) is 0 Å². The van der Waals surface area contributed by atoms with Crippen molar-refractivity contribution in [2.45, 2.75) is 12.5 Å². The number of carboxylic acid groups (broad SMARTS) is 1. The molecule has 0 unspecified atom stereocenters. The molecule has 0 radical (unpaired) electrons. The molecule has 0 fully saturated rings. The SMILES string of the molecule is CNCC(=O)N[C@H](CC(N)=O)C(=O)O. The lowest BCUT2D eigenvalue weighted by Crippen LogP contribution is -2.45. The second-order valence-electron chi connectivity index (χ2n) is 2.66. The van der Waals surface area contributed by atoms with Gasteiger partial charge in [0.1, 0.15) is 6.04 Å². The molecule has 2 amide bonds. The quantitative estimate of drug-likeness (QED) is 0.385. The van der Waals surface area contributed by atoms with Crippen LogP contribution in [-0.4, -0.2) is 42.5 Å². The van der Waals surface area contributed by atoms with E-state index in [9.17, 15) is 14.4 Å². The highest BCUT2D eigenvalue weighted by molar-refractivity contribution is 5.88. The molecule has 0 aromatic rings. The van der Waals surface area contributed by atoms with Crippen molar-refractivity contribution >= 4 is 17.8 Å². The number of carbonyl (C=O) groups is 3. The van der Waals surface area contributed by atoms with Gasteiger partial charge in [-0.1, -0.05) is 0 Å². The van der Waals surface area contributed by atoms with Crippen molar-refractivity contribution in [1.29, 1.82) is 0 Å². The topological polar surface area (TPSA) is 122 Å². The Hall–Kier alpha value is -1.63. The van der Waals surface area contributed by atoms with Crippen molar-refractivity contribution in [3.05, 3.63) is 0 Å². The summed E-state index contributed by atoms with van der Waals surface area (Å²) in [6, 6.07) is -1.26. The number of amides is 2. The number of hydrogen-bond acceptors (Lipinski definition) is 4. The van der Waals surface area contributed by atoms with E-state index in [1.807, 2.05) is 0 Å². The number of carbonyl (C=O) groups excluding carboxylic acids is 2. The second-order valence-corrected chi connectivity index (χ2v) is 2.66. The summed E-state index contributed by atoms with van der Waals surface area (Å²) in [5, 5.41) is 13.3. The average Bonchev–Trinajstić information content (AvgIpc) is 2.02. The molecule has 7 nitrogen and oxygen atoms in total. The molecule has 5 N–H and O–H groups in total. The first-order chi connectivity index (χ1) is 6.47. The summed E-state index contributed by atoms with van der Waals surface area (Å²) in [4.78, 5) is 31.9. The minimum Gasteiger partial charge on any atom is -0.480 e. The summed E-state index contributed by atoms with van der Waals surface area (Å²) in [5.41, 5.74) is 4.81. The molecule has 0 saturated heterocycles. The van der Waals surface area contributed by atoms with Crippen LogP contribution in [0.5, 0.6) is 0 Å². The van der Waals surface area contributed by atoms with E-state index in [4.69, 9.17) is 10.8 Å². The maximum Gasteiger partial charge on any atom is 0.326 e. The largest absolute Gasteiger partial charge is 0.480 e. The Morgan fingerprint density at radius 1 is 1.43 bits per heavy atom. The summed E-state index contributed by atoms with van der Waals surface area (Å²) in [5.74, 6) is -2.56. The number of rotatable bonds is 6. The Labute approximate surface area is 80.6 Å². The number of likely N-dealkylation sites (N-methyl/N-ethyl adjacent to an activating group) is 1. The molecule has 0 bridgehead atoms. The minimum absolute atomic E-state index is 0.0114. The fourth-order valence-electron chi connectivity index (χ4n) is 0.807. The van der Waals surface area contributed by atoms with Gasteiger partial charge in [-0.15, -0.1) is 0 Å². The molecule has 0 aromatic carbocycles. The summed E-state index contributed by atoms with van der Waals surface area (Å²) >= 11 is 0. The highest BCUT2D eigenvalue weighted by Crippen LogP contribution is 1.91. The van der Waals surface area contributed by atoms with Crippen molar-refractivity contribution in [1.82, 2.24) is 10.6 Å². The second kappa shape index (κ2) is 5.92. The summed E-state index contributed by atoms with van der Waals surface area (Å²) in [6.45, 7) is -0.0114. The summed E-state index contributed by atoms with van der Waals surface area (Å²) < 4.78 is 0. The lowest BCUT2D eigenvalue weighted by atomic mass is 10.2. The first kappa shape index (κ1) is 12.4. The van der Waals surface area contributed by atoms with Gasteiger partial charge in [0, 0.05) is 0 Å². The number of nitrogens with two attached hydrogens (primary N) is 1. The van der Waals surface area contributed by atoms with Crippen LogP contribution < -0.4 is 16.4 Å². The van der Waals surface area contributed by atoms with E-state index in [1.54, 1.807) is 7.05 Å². The monoisotopic (exact) mass is 203 g/mol. The average molecular weight is 203 g/mol. The smallest absolute Gasteiger partial charge is 0.326 e. The van der Waals surface area contributed by atoms with Crippen LogP contribution in [0.2, 0.25) is 0 Å². The Morgan fingerprint density at radius 2 is 2.00 bits per heavy atom. The van der Waals surface area contributed by atoms with Gasteiger partial charge in [-0.05, 0) is 7.05 Å². The van der Waals surface area contributed by atoms with Gasteiger partial charge in [-0.25, -0.2) is 4.79 Å². The van der Waals surface area contributed by atoms with Gasteiger partial charge in [0.15, 0.2) is 0 Å². The van der Waals surface area contributed by atoms with E-state index in [0.29, 0.717) is 0 Å². The fourth-order valence-corrected chi connectivity index (χ4v) is 0.807. The van der Waals surface area contributed by atoms with Crippen LogP contribution in [0, 0.1) is 0 Å². The van der Waals surface area contributed by atoms with E-state index in [2.05, 4.69) is 10.6 Å². The van der Waals surface area contributed by atoms with Crippen LogP contribution in [0.4, 0.5) is 0 Å². The van der Waals surface area contributed by atoms with Crippen molar-refractivity contribution in [2.75, 3.05) is 13.6 Å². The van der Waals surface area contributed by atoms with Gasteiger partial charge < -0.3 is 21.5 Å². The normalized spacial score (nSPS) is 11.8. The summed E-state index contributed by atoms with van der Waals surface area (Å²) in [7, 11) is 1.55. The highest BCUT2D eigenvalue weighted by Gasteiger charge is 2.21. The predicted molar refractivity (Wildman–Crippen MR) is 47.3 cm³/mol. The van der Waals surface area contributed by atoms with E-state index in [-0.39, 0.29) is 6.54 Å². The molecule has 0 aliphatic carbocycles. The standard InChI is InChI=1S/C7H13N3O4/c1-9-3-6(12)10-4(7(13)14)2-5(8)11/h4,9H,2-3H2,1H3,(H2,8,11)(H,10,12)(H,13,14)/t4-/m1/s1. The lowest BCUT2D eigenvalue weighted by molar-refractivity contribution is -0.143. The fraction of sp³-hybridized carbons (Fsp3) is 0.571. The van der Waals surface area contributed by atoms with Crippen LogP contribution in [0.25, 0.3) is 0 Å². The van der Waals surface area contributed by atoms with Crippen LogP contribution in [0.15, 0.2) is 0 Å². The zero-order valence-corrected chi connectivity index (χ0v) is 7.74. The van der Waals surface area contributed by atoms with Crippen molar-refractivity contribution in [3.63, 3.8) is 0 Å². The van der Waals surface area contributed by atoms with Crippen molar-refractivity contribution in [2.24, 2.45) is 5.73 Å². The molecule has 0 rings (SSSR count). The number of aliphatic carboxylic acids is 1. The number of carboxylic acids is 1. The van der Waals surface area contributed by atoms with E-state index in [0.717, 1.165) is 0 Å². The van der Waals surface area contributed by atoms with Gasteiger partial charge in [-0.2, -0.15) is 0 Å². The highest BCUT2D eigenvalue weighted by atomic mass is 16.4. The third-order valence-electron chi connectivity index (χ3n) is 1.38. The number of hydrogen-bond donors (Lipinski definition) is 4. The van der Waals surface area contributed by atoms with Crippen LogP contribution in [0.3, 0.4) is 0 Å². The van der Waals surface area contributed by atoms with Crippen LogP contribution in [0.1, 0.15) is 6.42 Å². The van der Waals surface area contributed by atoms with E-state index < -0.39 is 30.2 Å². The Bertz CT molecular complexity index is 241. The molecule has 14 heavy (non-hydrogen) atoms. The number of nitrogens with one attached hydrogen (secondary N) is 2. The predicted octanol–water partition coefficient (Wildman–Crippen LogP) is -2.35. The van der Waals surface area contributed by atoms with Crippen molar-refractivity contribution < 1.29 is 19.5 Å². The van der Waals surface area contributed by atoms with Gasteiger partial charge in [0.05, 0.1) is 13.0 Å². The molecular formula is C7H13N3O4. The molecule has 0 aliphatic heterocycles. The van der Waals surface area contributed by atoms with Gasteiger partial charge in [0.25, 0.3) is 0 Å². The molecule has 0 aromatic heterocycles. The third kappa shape index (κ3) is 5.09.